The van der Waals surface area contributed by atoms with Gasteiger partial charge in [0, 0.05) is 12.2 Å². The first-order valence-corrected chi connectivity index (χ1v) is 6.45. The standard InChI is InChI=1S/C16H16F3NO/c1-11-8-14(6-7-15(11)21-2)20-10-12-4-3-5-13(9-12)16(17,18)19/h3-9,20H,10H2,1-2H3. The van der Waals surface area contributed by atoms with E-state index in [1.54, 1.807) is 13.2 Å². The first-order valence-electron chi connectivity index (χ1n) is 6.45. The van der Waals surface area contributed by atoms with Gasteiger partial charge in [-0.25, -0.2) is 0 Å². The van der Waals surface area contributed by atoms with E-state index in [0.29, 0.717) is 12.1 Å². The summed E-state index contributed by atoms with van der Waals surface area (Å²) in [6, 6.07) is 10.9. The molecule has 0 aromatic heterocycles. The zero-order chi connectivity index (χ0) is 15.5. The van der Waals surface area contributed by atoms with Gasteiger partial charge in [0.2, 0.25) is 0 Å². The number of alkyl halides is 3. The molecular weight excluding hydrogens is 279 g/mol. The molecule has 0 bridgehead atoms. The van der Waals surface area contributed by atoms with Gasteiger partial charge in [0.05, 0.1) is 12.7 Å². The van der Waals surface area contributed by atoms with E-state index >= 15 is 0 Å². The molecule has 0 saturated carbocycles. The van der Waals surface area contributed by atoms with Crippen LogP contribution >= 0.6 is 0 Å². The maximum Gasteiger partial charge on any atom is 0.416 e. The summed E-state index contributed by atoms with van der Waals surface area (Å²) in [5.74, 6) is 0.777. The van der Waals surface area contributed by atoms with Gasteiger partial charge in [0.25, 0.3) is 0 Å². The maximum atomic E-state index is 12.6. The molecule has 21 heavy (non-hydrogen) atoms. The molecule has 5 heteroatoms. The molecule has 2 rings (SSSR count). The van der Waals surface area contributed by atoms with Crippen molar-refractivity contribution in [2.24, 2.45) is 0 Å². The predicted octanol–water partition coefficient (Wildman–Crippen LogP) is 4.63. The Labute approximate surface area is 121 Å². The van der Waals surface area contributed by atoms with Gasteiger partial charge in [0.1, 0.15) is 5.75 Å². The third-order valence-corrected chi connectivity index (χ3v) is 3.15. The Hall–Kier alpha value is -2.17. The van der Waals surface area contributed by atoms with E-state index < -0.39 is 11.7 Å². The number of anilines is 1. The molecular formula is C16H16F3NO. The number of ether oxygens (including phenoxy) is 1. The van der Waals surface area contributed by atoms with Crippen molar-refractivity contribution in [1.82, 2.24) is 0 Å². The molecule has 0 amide bonds. The van der Waals surface area contributed by atoms with Crippen molar-refractivity contribution in [2.75, 3.05) is 12.4 Å². The first kappa shape index (κ1) is 15.2. The molecule has 0 atom stereocenters. The Bertz CT molecular complexity index is 623. The highest BCUT2D eigenvalue weighted by molar-refractivity contribution is 5.51. The molecule has 0 radical (unpaired) electrons. The zero-order valence-electron chi connectivity index (χ0n) is 11.8. The Kier molecular flexibility index (Phi) is 4.40. The van der Waals surface area contributed by atoms with Crippen LogP contribution < -0.4 is 10.1 Å². The van der Waals surface area contributed by atoms with Gasteiger partial charge in [-0.2, -0.15) is 13.2 Å². The molecule has 0 aliphatic rings. The lowest BCUT2D eigenvalue weighted by molar-refractivity contribution is -0.137. The van der Waals surface area contributed by atoms with Crippen LogP contribution in [0.1, 0.15) is 16.7 Å². The molecule has 1 N–H and O–H groups in total. The summed E-state index contributed by atoms with van der Waals surface area (Å²) in [7, 11) is 1.60. The minimum Gasteiger partial charge on any atom is -0.496 e. The molecule has 2 nitrogen and oxygen atoms in total. The number of benzene rings is 2. The molecule has 0 aliphatic heterocycles. The van der Waals surface area contributed by atoms with E-state index in [1.807, 2.05) is 25.1 Å². The van der Waals surface area contributed by atoms with Crippen LogP contribution in [-0.4, -0.2) is 7.11 Å². The number of hydrogen-bond donors (Lipinski definition) is 1. The van der Waals surface area contributed by atoms with Crippen LogP contribution in [0.25, 0.3) is 0 Å². The van der Waals surface area contributed by atoms with Gasteiger partial charge in [-0.15, -0.1) is 0 Å². The summed E-state index contributed by atoms with van der Waals surface area (Å²) in [4.78, 5) is 0. The molecule has 0 unspecified atom stereocenters. The lowest BCUT2D eigenvalue weighted by Gasteiger charge is -2.11. The highest BCUT2D eigenvalue weighted by atomic mass is 19.4. The second kappa shape index (κ2) is 6.08. The fraction of sp³-hybridized carbons (Fsp3) is 0.250. The van der Waals surface area contributed by atoms with E-state index in [4.69, 9.17) is 4.74 Å². The van der Waals surface area contributed by atoms with E-state index in [9.17, 15) is 13.2 Å². The fourth-order valence-corrected chi connectivity index (χ4v) is 2.05. The third kappa shape index (κ3) is 3.90. The van der Waals surface area contributed by atoms with Crippen molar-refractivity contribution in [3.8, 4) is 5.75 Å². The number of halogens is 3. The molecule has 0 spiro atoms. The van der Waals surface area contributed by atoms with Crippen molar-refractivity contribution in [3.63, 3.8) is 0 Å². The van der Waals surface area contributed by atoms with E-state index in [2.05, 4.69) is 5.32 Å². The smallest absolute Gasteiger partial charge is 0.416 e. The molecule has 2 aromatic carbocycles. The average molecular weight is 295 g/mol. The van der Waals surface area contributed by atoms with Gasteiger partial charge >= 0.3 is 6.18 Å². The van der Waals surface area contributed by atoms with Gasteiger partial charge in [-0.05, 0) is 48.4 Å². The summed E-state index contributed by atoms with van der Waals surface area (Å²) in [5.41, 5.74) is 1.75. The summed E-state index contributed by atoms with van der Waals surface area (Å²) in [5, 5.41) is 3.11. The number of rotatable bonds is 4. The van der Waals surface area contributed by atoms with Crippen LogP contribution in [0.3, 0.4) is 0 Å². The number of aryl methyl sites for hydroxylation is 1. The minimum atomic E-state index is -4.31. The quantitative estimate of drug-likeness (QED) is 0.887. The van der Waals surface area contributed by atoms with Gasteiger partial charge in [-0.3, -0.25) is 0 Å². The third-order valence-electron chi connectivity index (χ3n) is 3.15. The zero-order valence-corrected chi connectivity index (χ0v) is 11.8. The number of methoxy groups -OCH3 is 1. The first-order chi connectivity index (χ1) is 9.90. The fourth-order valence-electron chi connectivity index (χ4n) is 2.05. The largest absolute Gasteiger partial charge is 0.496 e. The average Bonchev–Trinajstić information content (AvgIpc) is 2.45. The Morgan fingerprint density at radius 3 is 2.48 bits per heavy atom. The van der Waals surface area contributed by atoms with Crippen molar-refractivity contribution in [1.29, 1.82) is 0 Å². The molecule has 0 aliphatic carbocycles. The van der Waals surface area contributed by atoms with Crippen molar-refractivity contribution in [2.45, 2.75) is 19.6 Å². The van der Waals surface area contributed by atoms with E-state index in [0.717, 1.165) is 29.1 Å². The highest BCUT2D eigenvalue weighted by Gasteiger charge is 2.30. The van der Waals surface area contributed by atoms with Crippen molar-refractivity contribution in [3.05, 3.63) is 59.2 Å². The minimum absolute atomic E-state index is 0.329. The van der Waals surface area contributed by atoms with Crippen LogP contribution in [0, 0.1) is 6.92 Å². The molecule has 0 saturated heterocycles. The Morgan fingerprint density at radius 1 is 1.10 bits per heavy atom. The van der Waals surface area contributed by atoms with E-state index in [1.165, 1.54) is 6.07 Å². The summed E-state index contributed by atoms with van der Waals surface area (Å²) < 4.78 is 43.1. The van der Waals surface area contributed by atoms with E-state index in [-0.39, 0.29) is 0 Å². The summed E-state index contributed by atoms with van der Waals surface area (Å²) >= 11 is 0. The van der Waals surface area contributed by atoms with Crippen LogP contribution in [-0.2, 0) is 12.7 Å². The monoisotopic (exact) mass is 295 g/mol. The summed E-state index contributed by atoms with van der Waals surface area (Å²) in [6.07, 6.45) is -4.31. The van der Waals surface area contributed by atoms with Gasteiger partial charge in [-0.1, -0.05) is 12.1 Å². The van der Waals surface area contributed by atoms with Crippen molar-refractivity contribution >= 4 is 5.69 Å². The SMILES string of the molecule is COc1ccc(NCc2cccc(C(F)(F)F)c2)cc1C. The Morgan fingerprint density at radius 2 is 1.86 bits per heavy atom. The Balaban J connectivity index is 2.08. The molecule has 0 heterocycles. The topological polar surface area (TPSA) is 21.3 Å². The number of hydrogen-bond acceptors (Lipinski definition) is 2. The molecule has 2 aromatic rings. The molecule has 112 valence electrons. The van der Waals surface area contributed by atoms with Crippen LogP contribution in [0.2, 0.25) is 0 Å². The summed E-state index contributed by atoms with van der Waals surface area (Å²) in [6.45, 7) is 2.24. The predicted molar refractivity (Wildman–Crippen MR) is 76.5 cm³/mol. The van der Waals surface area contributed by atoms with Gasteiger partial charge in [0.15, 0.2) is 0 Å². The highest BCUT2D eigenvalue weighted by Crippen LogP contribution is 2.29. The van der Waals surface area contributed by atoms with Crippen LogP contribution in [0.5, 0.6) is 5.75 Å². The second-order valence-electron chi connectivity index (χ2n) is 4.74. The second-order valence-corrected chi connectivity index (χ2v) is 4.74. The van der Waals surface area contributed by atoms with Crippen LogP contribution in [0.4, 0.5) is 18.9 Å². The van der Waals surface area contributed by atoms with Crippen molar-refractivity contribution < 1.29 is 17.9 Å². The lowest BCUT2D eigenvalue weighted by Crippen LogP contribution is -2.07. The van der Waals surface area contributed by atoms with Crippen LogP contribution in [0.15, 0.2) is 42.5 Å². The van der Waals surface area contributed by atoms with Gasteiger partial charge < -0.3 is 10.1 Å². The normalized spacial score (nSPS) is 11.3. The lowest BCUT2D eigenvalue weighted by atomic mass is 10.1. The number of nitrogens with one attached hydrogen (secondary N) is 1. The maximum absolute atomic E-state index is 12.6. The molecule has 0 fully saturated rings.